The Morgan fingerprint density at radius 1 is 0.840 bits per heavy atom. The van der Waals surface area contributed by atoms with Crippen LogP contribution in [0.4, 0.5) is 0 Å². The van der Waals surface area contributed by atoms with E-state index in [0.717, 1.165) is 74.4 Å². The van der Waals surface area contributed by atoms with E-state index in [9.17, 15) is 0 Å². The van der Waals surface area contributed by atoms with Crippen molar-refractivity contribution in [2.45, 2.75) is 19.8 Å². The topological polar surface area (TPSA) is 30.7 Å². The van der Waals surface area contributed by atoms with Gasteiger partial charge in [-0.3, -0.25) is 0 Å². The monoisotopic (exact) mass is 643 g/mol. The minimum atomic E-state index is 0.642. The minimum Gasteiger partial charge on any atom is -0.309 e. The summed E-state index contributed by atoms with van der Waals surface area (Å²) >= 11 is 0. The van der Waals surface area contributed by atoms with Crippen molar-refractivity contribution < 1.29 is 0 Å². The second-order valence-corrected chi connectivity index (χ2v) is 12.3. The molecule has 0 saturated carbocycles. The summed E-state index contributed by atoms with van der Waals surface area (Å²) in [4.78, 5) is 9.99. The molecule has 2 aromatic heterocycles. The summed E-state index contributed by atoms with van der Waals surface area (Å²) in [6.45, 7) is 10.1. The van der Waals surface area contributed by atoms with Crippen LogP contribution >= 0.6 is 0 Å². The van der Waals surface area contributed by atoms with Crippen molar-refractivity contribution in [3.05, 3.63) is 187 Å². The van der Waals surface area contributed by atoms with Gasteiger partial charge < -0.3 is 4.57 Å². The van der Waals surface area contributed by atoms with Crippen LogP contribution in [0.25, 0.3) is 62.0 Å². The van der Waals surface area contributed by atoms with Crippen LogP contribution in [-0.4, -0.2) is 14.5 Å². The maximum Gasteiger partial charge on any atom is 0.160 e. The van der Waals surface area contributed by atoms with E-state index in [2.05, 4.69) is 122 Å². The van der Waals surface area contributed by atoms with Crippen molar-refractivity contribution in [1.82, 2.24) is 14.5 Å². The Bertz CT molecular complexity index is 2420. The largest absolute Gasteiger partial charge is 0.309 e. The van der Waals surface area contributed by atoms with Gasteiger partial charge in [-0.1, -0.05) is 134 Å². The van der Waals surface area contributed by atoms with E-state index < -0.39 is 0 Å². The molecule has 0 spiro atoms. The normalized spacial score (nSPS) is 13.2. The summed E-state index contributed by atoms with van der Waals surface area (Å²) in [6.07, 6.45) is 22.7. The van der Waals surface area contributed by atoms with Gasteiger partial charge in [0.2, 0.25) is 0 Å². The Labute approximate surface area is 294 Å². The fourth-order valence-electron chi connectivity index (χ4n) is 6.57. The van der Waals surface area contributed by atoms with E-state index in [0.29, 0.717) is 5.82 Å². The van der Waals surface area contributed by atoms with E-state index in [-0.39, 0.29) is 0 Å². The van der Waals surface area contributed by atoms with Gasteiger partial charge in [0.15, 0.2) is 5.82 Å². The number of hydrogen-bond donors (Lipinski definition) is 0. The van der Waals surface area contributed by atoms with Crippen LogP contribution in [0.15, 0.2) is 159 Å². The highest BCUT2D eigenvalue weighted by molar-refractivity contribution is 5.96. The number of hydrogen-bond acceptors (Lipinski definition) is 2. The van der Waals surface area contributed by atoms with Gasteiger partial charge in [-0.15, -0.1) is 6.42 Å². The van der Waals surface area contributed by atoms with Crippen LogP contribution < -0.4 is 0 Å². The number of para-hydroxylation sites is 1. The Morgan fingerprint density at radius 3 is 2.40 bits per heavy atom. The highest BCUT2D eigenvalue weighted by Crippen LogP contribution is 2.35. The average Bonchev–Trinajstić information content (AvgIpc) is 3.50. The van der Waals surface area contributed by atoms with Gasteiger partial charge in [0, 0.05) is 22.2 Å². The van der Waals surface area contributed by atoms with Crippen molar-refractivity contribution >= 4 is 33.7 Å². The smallest absolute Gasteiger partial charge is 0.160 e. The van der Waals surface area contributed by atoms with Crippen LogP contribution in [0.1, 0.15) is 47.8 Å². The molecule has 0 unspecified atom stereocenters. The van der Waals surface area contributed by atoms with Crippen LogP contribution in [-0.2, 0) is 0 Å². The third-order valence-electron chi connectivity index (χ3n) is 9.08. The maximum absolute atomic E-state index is 6.28. The first-order valence-electron chi connectivity index (χ1n) is 16.8. The summed E-state index contributed by atoms with van der Waals surface area (Å²) in [5.74, 6) is 3.67. The third-order valence-corrected chi connectivity index (χ3v) is 9.08. The predicted octanol–water partition coefficient (Wildman–Crippen LogP) is 11.8. The lowest BCUT2D eigenvalue weighted by atomic mass is 9.94. The summed E-state index contributed by atoms with van der Waals surface area (Å²) < 4.78 is 2.27. The molecule has 1 aliphatic carbocycles. The van der Waals surface area contributed by atoms with Crippen LogP contribution in [0.2, 0.25) is 0 Å². The molecule has 240 valence electrons. The molecule has 1 aliphatic rings. The van der Waals surface area contributed by atoms with E-state index in [1.807, 2.05) is 48.5 Å². The molecule has 7 rings (SSSR count). The second-order valence-electron chi connectivity index (χ2n) is 12.3. The zero-order valence-corrected chi connectivity index (χ0v) is 28.2. The first kappa shape index (κ1) is 32.1. The first-order chi connectivity index (χ1) is 24.6. The molecule has 6 aromatic rings. The number of rotatable bonds is 9. The van der Waals surface area contributed by atoms with Crippen LogP contribution in [0.5, 0.6) is 0 Å². The lowest BCUT2D eigenvalue weighted by Crippen LogP contribution is -2.00. The number of benzene rings is 4. The van der Waals surface area contributed by atoms with Gasteiger partial charge in [0.1, 0.15) is 0 Å². The quantitative estimate of drug-likeness (QED) is 0.116. The van der Waals surface area contributed by atoms with Crippen molar-refractivity contribution in [1.29, 1.82) is 0 Å². The lowest BCUT2D eigenvalue weighted by Gasteiger charge is -2.14. The van der Waals surface area contributed by atoms with Crippen molar-refractivity contribution in [3.8, 4) is 40.7 Å². The number of allylic oxidation sites excluding steroid dienone is 9. The zero-order valence-electron chi connectivity index (χ0n) is 28.2. The van der Waals surface area contributed by atoms with Crippen LogP contribution in [0.3, 0.4) is 0 Å². The predicted molar refractivity (Wildman–Crippen MR) is 212 cm³/mol. The fraction of sp³-hybridized carbons (Fsp3) is 0.0638. The first-order valence-corrected chi connectivity index (χ1v) is 16.8. The molecule has 0 amide bonds. The van der Waals surface area contributed by atoms with Crippen molar-refractivity contribution in [2.75, 3.05) is 0 Å². The van der Waals surface area contributed by atoms with Gasteiger partial charge in [-0.05, 0) is 84.0 Å². The van der Waals surface area contributed by atoms with E-state index in [4.69, 9.17) is 16.4 Å². The fourth-order valence-corrected chi connectivity index (χ4v) is 6.57. The summed E-state index contributed by atoms with van der Waals surface area (Å²) in [7, 11) is 0. The lowest BCUT2D eigenvalue weighted by molar-refractivity contribution is 1.05. The summed E-state index contributed by atoms with van der Waals surface area (Å²) in [5, 5.41) is 1.04. The van der Waals surface area contributed by atoms with Gasteiger partial charge in [0.25, 0.3) is 0 Å². The van der Waals surface area contributed by atoms with Crippen molar-refractivity contribution in [2.24, 2.45) is 0 Å². The Hall–Kier alpha value is -6.50. The molecule has 0 saturated heterocycles. The maximum atomic E-state index is 6.28. The van der Waals surface area contributed by atoms with Gasteiger partial charge in [-0.25, -0.2) is 9.97 Å². The minimum absolute atomic E-state index is 0.642. The van der Waals surface area contributed by atoms with Gasteiger partial charge in [-0.2, -0.15) is 0 Å². The molecule has 50 heavy (non-hydrogen) atoms. The van der Waals surface area contributed by atoms with E-state index in [1.54, 1.807) is 12.2 Å². The molecule has 3 heteroatoms. The molecule has 0 fully saturated rings. The molecule has 0 atom stereocenters. The Balaban J connectivity index is 1.39. The van der Waals surface area contributed by atoms with Gasteiger partial charge >= 0.3 is 0 Å². The molecule has 0 radical (unpaired) electrons. The number of terminal acetylenes is 1. The molecule has 0 N–H and O–H groups in total. The molecular formula is C47H37N3. The molecular weight excluding hydrogens is 607 g/mol. The summed E-state index contributed by atoms with van der Waals surface area (Å²) in [6, 6.07) is 37.7. The van der Waals surface area contributed by atoms with Crippen LogP contribution in [0, 0.1) is 12.3 Å². The summed E-state index contributed by atoms with van der Waals surface area (Å²) in [5.41, 5.74) is 13.1. The molecule has 0 aliphatic heterocycles. The number of fused-ring (bicyclic) bond motifs is 1. The van der Waals surface area contributed by atoms with E-state index >= 15 is 0 Å². The highest BCUT2D eigenvalue weighted by Gasteiger charge is 2.18. The Kier molecular flexibility index (Phi) is 9.18. The van der Waals surface area contributed by atoms with Crippen molar-refractivity contribution in [3.63, 3.8) is 0 Å². The standard InChI is InChI=1S/C47H37N3/c1-5-18-34(6-2)43-32-44(49-47(48-43)36-21-12-9-13-22-36)39-25-17-26-40(31-39)50-45-28-15-14-27-42(45)41(7-3)46(50)29-33(4)37-23-16-24-38(30-37)35-19-10-8-11-20-35/h3,5-6,8-10,12-19,21-32H,1-2,11,20H2,4H3/b33-29+,34-18+. The number of nitrogens with zero attached hydrogens (tertiary/aromatic N) is 3. The van der Waals surface area contributed by atoms with Gasteiger partial charge in [0.05, 0.1) is 28.2 Å². The average molecular weight is 644 g/mol. The number of aromatic nitrogens is 3. The molecule has 4 aromatic carbocycles. The SMILES string of the molecule is C#Cc1c(/C=C(\C)c2cccc(C3=CC=CCC3)c2)n(-c2cccc(-c3cc(/C(C=C)=C/C=C)nc(-c4ccccc4)n3)c2)c2ccccc12. The second kappa shape index (κ2) is 14.3. The highest BCUT2D eigenvalue weighted by atomic mass is 15.0. The molecule has 0 bridgehead atoms. The van der Waals surface area contributed by atoms with E-state index in [1.165, 1.54) is 16.7 Å². The molecule has 3 nitrogen and oxygen atoms in total. The zero-order chi connectivity index (χ0) is 34.5. The Morgan fingerprint density at radius 2 is 1.62 bits per heavy atom. The molecule has 2 heterocycles. The third kappa shape index (κ3) is 6.35.